The first kappa shape index (κ1) is 14.1. The molecule has 5 heteroatoms. The summed E-state index contributed by atoms with van der Waals surface area (Å²) >= 11 is 3.40. The van der Waals surface area contributed by atoms with Gasteiger partial charge in [-0.05, 0) is 31.5 Å². The lowest BCUT2D eigenvalue weighted by atomic mass is 10.1. The highest BCUT2D eigenvalue weighted by Crippen LogP contribution is 2.25. The molecule has 0 aliphatic carbocycles. The molecule has 0 fully saturated rings. The number of hydrogen-bond acceptors (Lipinski definition) is 4. The average Bonchev–Trinajstić information content (AvgIpc) is 2.83. The Kier molecular flexibility index (Phi) is 4.99. The summed E-state index contributed by atoms with van der Waals surface area (Å²) in [6.45, 7) is 4.57. The zero-order valence-electron chi connectivity index (χ0n) is 11.0. The van der Waals surface area contributed by atoms with Crippen molar-refractivity contribution in [1.29, 1.82) is 0 Å². The van der Waals surface area contributed by atoms with E-state index < -0.39 is 0 Å². The Morgan fingerprint density at radius 1 is 1.37 bits per heavy atom. The van der Waals surface area contributed by atoms with Gasteiger partial charge in [0, 0.05) is 28.9 Å². The van der Waals surface area contributed by atoms with Crippen LogP contribution in [0.15, 0.2) is 34.0 Å². The van der Waals surface area contributed by atoms with E-state index in [0.717, 1.165) is 15.8 Å². The van der Waals surface area contributed by atoms with Crippen LogP contribution in [0.5, 0.6) is 0 Å². The molecule has 2 rings (SSSR count). The number of hydrogen-bond donors (Lipinski definition) is 1. The van der Waals surface area contributed by atoms with Crippen molar-refractivity contribution in [3.63, 3.8) is 0 Å². The van der Waals surface area contributed by atoms with Gasteiger partial charge in [0.25, 0.3) is 5.91 Å². The van der Waals surface area contributed by atoms with Crippen molar-refractivity contribution in [2.45, 2.75) is 23.9 Å². The maximum Gasteiger partial charge on any atom is 0.251 e. The molecule has 0 unspecified atom stereocenters. The monoisotopic (exact) mass is 292 g/mol. The molecule has 1 amide bonds. The van der Waals surface area contributed by atoms with Crippen LogP contribution in [0.3, 0.4) is 0 Å². The van der Waals surface area contributed by atoms with E-state index in [-0.39, 0.29) is 5.91 Å². The van der Waals surface area contributed by atoms with Crippen molar-refractivity contribution in [1.82, 2.24) is 10.3 Å². The van der Waals surface area contributed by atoms with Crippen LogP contribution in [-0.4, -0.2) is 17.4 Å². The van der Waals surface area contributed by atoms with Gasteiger partial charge in [-0.3, -0.25) is 4.79 Å². The van der Waals surface area contributed by atoms with Gasteiger partial charge in [-0.2, -0.15) is 0 Å². The van der Waals surface area contributed by atoms with Crippen molar-refractivity contribution in [3.05, 3.63) is 46.5 Å². The number of amides is 1. The fourth-order valence-corrected chi connectivity index (χ4v) is 3.36. The predicted molar refractivity (Wildman–Crippen MR) is 80.9 cm³/mol. The molecule has 1 aromatic carbocycles. The number of carbonyl (C=O) groups is 1. The quantitative estimate of drug-likeness (QED) is 0.858. The van der Waals surface area contributed by atoms with Crippen molar-refractivity contribution in [3.8, 4) is 0 Å². The van der Waals surface area contributed by atoms with Crippen LogP contribution in [0.4, 0.5) is 0 Å². The summed E-state index contributed by atoms with van der Waals surface area (Å²) in [6, 6.07) is 7.73. The Morgan fingerprint density at radius 2 is 2.11 bits per heavy atom. The topological polar surface area (TPSA) is 42.0 Å². The Labute approximate surface area is 121 Å². The van der Waals surface area contributed by atoms with E-state index in [4.69, 9.17) is 0 Å². The molecular weight excluding hydrogens is 276 g/mol. The third kappa shape index (κ3) is 4.08. The fraction of sp³-hybridized carbons (Fsp3) is 0.286. The maximum absolute atomic E-state index is 11.6. The Hall–Kier alpha value is -1.33. The number of nitrogens with zero attached hydrogens (tertiary/aromatic N) is 1. The summed E-state index contributed by atoms with van der Waals surface area (Å²) in [6.07, 6.45) is 0. The lowest BCUT2D eigenvalue weighted by Gasteiger charge is -2.03. The SMILES string of the molecule is CCNC(=O)c1ccc(CSc2nc(C)cs2)cc1. The molecule has 2 aromatic rings. The Morgan fingerprint density at radius 3 is 2.68 bits per heavy atom. The molecule has 0 radical (unpaired) electrons. The third-order valence-electron chi connectivity index (χ3n) is 2.51. The standard InChI is InChI=1S/C14H16N2OS2/c1-3-15-13(17)12-6-4-11(5-7-12)9-19-14-16-10(2)8-18-14/h4-8H,3,9H2,1-2H3,(H,15,17). The molecule has 0 bridgehead atoms. The molecule has 3 nitrogen and oxygen atoms in total. The molecule has 0 saturated heterocycles. The van der Waals surface area contributed by atoms with Crippen molar-refractivity contribution < 1.29 is 4.79 Å². The number of thioether (sulfide) groups is 1. The zero-order valence-corrected chi connectivity index (χ0v) is 12.6. The van der Waals surface area contributed by atoms with Crippen LogP contribution in [0.25, 0.3) is 0 Å². The molecule has 0 aliphatic heterocycles. The fourth-order valence-electron chi connectivity index (χ4n) is 1.56. The second kappa shape index (κ2) is 6.73. The lowest BCUT2D eigenvalue weighted by Crippen LogP contribution is -2.22. The van der Waals surface area contributed by atoms with E-state index >= 15 is 0 Å². The second-order valence-corrected chi connectivity index (χ2v) is 6.18. The number of nitrogens with one attached hydrogen (secondary N) is 1. The predicted octanol–water partition coefficient (Wildman–Crippen LogP) is 3.49. The normalized spacial score (nSPS) is 10.4. The highest BCUT2D eigenvalue weighted by atomic mass is 32.2. The minimum atomic E-state index is -0.0164. The van der Waals surface area contributed by atoms with Gasteiger partial charge in [0.15, 0.2) is 0 Å². The van der Waals surface area contributed by atoms with E-state index in [1.54, 1.807) is 23.1 Å². The molecule has 19 heavy (non-hydrogen) atoms. The summed E-state index contributed by atoms with van der Waals surface area (Å²) in [7, 11) is 0. The van der Waals surface area contributed by atoms with Gasteiger partial charge < -0.3 is 5.32 Å². The lowest BCUT2D eigenvalue weighted by molar-refractivity contribution is 0.0956. The van der Waals surface area contributed by atoms with Gasteiger partial charge in [-0.1, -0.05) is 23.9 Å². The van der Waals surface area contributed by atoms with E-state index in [1.165, 1.54) is 5.56 Å². The number of carbonyl (C=O) groups excluding carboxylic acids is 1. The van der Waals surface area contributed by atoms with Gasteiger partial charge in [-0.25, -0.2) is 4.98 Å². The maximum atomic E-state index is 11.6. The van der Waals surface area contributed by atoms with Gasteiger partial charge in [0.1, 0.15) is 4.34 Å². The highest BCUT2D eigenvalue weighted by molar-refractivity contribution is 8.00. The Bertz CT molecular complexity index is 549. The molecule has 1 aromatic heterocycles. The van der Waals surface area contributed by atoms with Crippen molar-refractivity contribution >= 4 is 29.0 Å². The summed E-state index contributed by atoms with van der Waals surface area (Å²) in [5.74, 6) is 0.861. The molecule has 0 atom stereocenters. The molecule has 100 valence electrons. The van der Waals surface area contributed by atoms with Crippen LogP contribution in [-0.2, 0) is 5.75 Å². The van der Waals surface area contributed by atoms with Gasteiger partial charge in [0.05, 0.1) is 0 Å². The van der Waals surface area contributed by atoms with E-state index in [9.17, 15) is 4.79 Å². The number of aryl methyl sites for hydroxylation is 1. The van der Waals surface area contributed by atoms with E-state index in [0.29, 0.717) is 12.1 Å². The first-order valence-corrected chi connectivity index (χ1v) is 7.97. The third-order valence-corrected chi connectivity index (χ3v) is 4.72. The minimum absolute atomic E-state index is 0.0164. The van der Waals surface area contributed by atoms with Crippen LogP contribution in [0.2, 0.25) is 0 Å². The Balaban J connectivity index is 1.93. The largest absolute Gasteiger partial charge is 0.352 e. The summed E-state index contributed by atoms with van der Waals surface area (Å²) < 4.78 is 1.09. The summed E-state index contributed by atoms with van der Waals surface area (Å²) in [5, 5.41) is 4.85. The smallest absolute Gasteiger partial charge is 0.251 e. The first-order valence-electron chi connectivity index (χ1n) is 6.11. The number of aromatic nitrogens is 1. The van der Waals surface area contributed by atoms with Crippen LogP contribution in [0, 0.1) is 6.92 Å². The van der Waals surface area contributed by atoms with Gasteiger partial charge >= 0.3 is 0 Å². The molecule has 0 spiro atoms. The van der Waals surface area contributed by atoms with Crippen LogP contribution in [0.1, 0.15) is 28.5 Å². The number of benzene rings is 1. The van der Waals surface area contributed by atoms with Crippen LogP contribution >= 0.6 is 23.1 Å². The van der Waals surface area contributed by atoms with E-state index in [1.807, 2.05) is 38.1 Å². The summed E-state index contributed by atoms with van der Waals surface area (Å²) in [5.41, 5.74) is 2.98. The molecule has 1 heterocycles. The summed E-state index contributed by atoms with van der Waals surface area (Å²) in [4.78, 5) is 16.0. The van der Waals surface area contributed by atoms with E-state index in [2.05, 4.69) is 15.7 Å². The highest BCUT2D eigenvalue weighted by Gasteiger charge is 2.04. The number of rotatable bonds is 5. The van der Waals surface area contributed by atoms with Gasteiger partial charge in [-0.15, -0.1) is 11.3 Å². The van der Waals surface area contributed by atoms with Gasteiger partial charge in [0.2, 0.25) is 0 Å². The van der Waals surface area contributed by atoms with Crippen molar-refractivity contribution in [2.75, 3.05) is 6.54 Å². The molecule has 0 aliphatic rings. The average molecular weight is 292 g/mol. The minimum Gasteiger partial charge on any atom is -0.352 e. The first-order chi connectivity index (χ1) is 9.19. The molecule has 0 saturated carbocycles. The molecular formula is C14H16N2OS2. The van der Waals surface area contributed by atoms with Crippen molar-refractivity contribution in [2.24, 2.45) is 0 Å². The number of thiazole rings is 1. The second-order valence-electron chi connectivity index (χ2n) is 4.10. The van der Waals surface area contributed by atoms with Crippen LogP contribution < -0.4 is 5.32 Å². The molecule has 1 N–H and O–H groups in total. The zero-order chi connectivity index (χ0) is 13.7.